The molecule has 0 N–H and O–H groups in total. The second kappa shape index (κ2) is 10.6. The van der Waals surface area contributed by atoms with Crippen molar-refractivity contribution in [3.05, 3.63) is 0 Å². The Morgan fingerprint density at radius 2 is 2.18 bits per heavy atom. The van der Waals surface area contributed by atoms with E-state index in [1.165, 1.54) is 19.3 Å². The zero-order valence-corrected chi connectivity index (χ0v) is 9.16. The summed E-state index contributed by atoms with van der Waals surface area (Å²) in [5, 5.41) is 0. The van der Waals surface area contributed by atoms with Crippen LogP contribution in [0.25, 0.3) is 0 Å². The summed E-state index contributed by atoms with van der Waals surface area (Å²) in [6, 6.07) is 0. The van der Waals surface area contributed by atoms with Gasteiger partial charge in [0.15, 0.2) is 4.32 Å². The van der Waals surface area contributed by atoms with E-state index in [2.05, 4.69) is 36.8 Å². The van der Waals surface area contributed by atoms with Gasteiger partial charge in [0.1, 0.15) is 0 Å². The molecule has 11 heavy (non-hydrogen) atoms. The van der Waals surface area contributed by atoms with Crippen molar-refractivity contribution in [2.45, 2.75) is 32.6 Å². The van der Waals surface area contributed by atoms with Crippen molar-refractivity contribution in [2.75, 3.05) is 0 Å². The van der Waals surface area contributed by atoms with Gasteiger partial charge < -0.3 is 0 Å². The Morgan fingerprint density at radius 3 is 2.64 bits per heavy atom. The minimum Gasteiger partial charge on any atom is -0.243 e. The van der Waals surface area contributed by atoms with Crippen LogP contribution in [0.5, 0.6) is 0 Å². The first-order valence-electron chi connectivity index (χ1n) is 3.52. The standard InChI is InChI=1S/C7H13NS2.Cu/c1-2-3-4-5-6-8-7(9)10;/h6H,2-5H2,1H3,(H,9,10);. The number of hydrogen-bond donors (Lipinski definition) is 1. The van der Waals surface area contributed by atoms with E-state index in [4.69, 9.17) is 0 Å². The van der Waals surface area contributed by atoms with Gasteiger partial charge in [-0.15, -0.1) is 12.6 Å². The van der Waals surface area contributed by atoms with E-state index < -0.39 is 0 Å². The summed E-state index contributed by atoms with van der Waals surface area (Å²) in [5.74, 6) is 0. The fraction of sp³-hybridized carbons (Fsp3) is 0.714. The summed E-state index contributed by atoms with van der Waals surface area (Å²) in [7, 11) is 0. The summed E-state index contributed by atoms with van der Waals surface area (Å²) in [6.45, 7) is 2.18. The van der Waals surface area contributed by atoms with E-state index in [1.54, 1.807) is 0 Å². The van der Waals surface area contributed by atoms with Gasteiger partial charge in [0.25, 0.3) is 0 Å². The van der Waals surface area contributed by atoms with Crippen LogP contribution in [-0.2, 0) is 17.1 Å². The normalized spacial score (nSPS) is 9.64. The second-order valence-electron chi connectivity index (χ2n) is 2.09. The molecule has 0 bridgehead atoms. The van der Waals surface area contributed by atoms with Crippen LogP contribution in [0.4, 0.5) is 0 Å². The average Bonchev–Trinajstić information content (AvgIpc) is 1.87. The molecule has 0 atom stereocenters. The SMILES string of the molecule is CCCCCC=NC(=S)S.[Cu]. The minimum atomic E-state index is 0. The molecule has 0 aromatic heterocycles. The zero-order chi connectivity index (χ0) is 7.82. The van der Waals surface area contributed by atoms with Gasteiger partial charge >= 0.3 is 0 Å². The maximum absolute atomic E-state index is 4.64. The van der Waals surface area contributed by atoms with Crippen LogP contribution in [-0.4, -0.2) is 10.5 Å². The molecule has 0 rings (SSSR count). The van der Waals surface area contributed by atoms with Crippen LogP contribution in [0.15, 0.2) is 4.99 Å². The number of nitrogens with zero attached hydrogens (tertiary/aromatic N) is 1. The van der Waals surface area contributed by atoms with Gasteiger partial charge in [-0.25, -0.2) is 4.99 Å². The molecule has 1 radical (unpaired) electrons. The van der Waals surface area contributed by atoms with E-state index >= 15 is 0 Å². The maximum atomic E-state index is 4.64. The Hall–Kier alpha value is 0.629. The molecule has 0 heterocycles. The summed E-state index contributed by atoms with van der Waals surface area (Å²) in [5.41, 5.74) is 0. The van der Waals surface area contributed by atoms with E-state index in [-0.39, 0.29) is 17.1 Å². The number of thiol groups is 1. The largest absolute Gasteiger partial charge is 0.243 e. The molecule has 0 aromatic rings. The molecule has 69 valence electrons. The minimum absolute atomic E-state index is 0. The molecule has 0 amide bonds. The number of rotatable bonds is 4. The number of aliphatic imine (C=N–C) groups is 1. The summed E-state index contributed by atoms with van der Waals surface area (Å²) in [6.07, 6.45) is 6.58. The van der Waals surface area contributed by atoms with E-state index in [0.717, 1.165) is 6.42 Å². The molecule has 0 aliphatic heterocycles. The summed E-state index contributed by atoms with van der Waals surface area (Å²) >= 11 is 8.50. The van der Waals surface area contributed by atoms with Crippen molar-refractivity contribution < 1.29 is 17.1 Å². The van der Waals surface area contributed by atoms with Crippen molar-refractivity contribution in [2.24, 2.45) is 4.99 Å². The molecule has 4 heteroatoms. The van der Waals surface area contributed by atoms with Crippen LogP contribution in [0.3, 0.4) is 0 Å². The Bertz CT molecular complexity index is 126. The van der Waals surface area contributed by atoms with Gasteiger partial charge in [0.05, 0.1) is 0 Å². The third-order valence-electron chi connectivity index (χ3n) is 1.14. The third kappa shape index (κ3) is 13.6. The van der Waals surface area contributed by atoms with Gasteiger partial charge in [0.2, 0.25) is 0 Å². The fourth-order valence-electron chi connectivity index (χ4n) is 0.628. The molecule has 0 saturated carbocycles. The summed E-state index contributed by atoms with van der Waals surface area (Å²) in [4.78, 5) is 3.87. The molecule has 0 unspecified atom stereocenters. The molecular formula is C7H13CuNS2. The van der Waals surface area contributed by atoms with Crippen LogP contribution in [0.1, 0.15) is 32.6 Å². The van der Waals surface area contributed by atoms with Crippen molar-refractivity contribution in [3.8, 4) is 0 Å². The van der Waals surface area contributed by atoms with Crippen LogP contribution in [0.2, 0.25) is 0 Å². The van der Waals surface area contributed by atoms with E-state index in [0.29, 0.717) is 4.32 Å². The molecule has 0 aliphatic carbocycles. The van der Waals surface area contributed by atoms with Gasteiger partial charge in [-0.1, -0.05) is 32.0 Å². The Balaban J connectivity index is 0. The Kier molecular flexibility index (Phi) is 13.7. The van der Waals surface area contributed by atoms with Crippen molar-refractivity contribution in [3.63, 3.8) is 0 Å². The molecule has 0 spiro atoms. The van der Waals surface area contributed by atoms with Gasteiger partial charge in [-0.05, 0) is 12.8 Å². The van der Waals surface area contributed by atoms with Crippen LogP contribution < -0.4 is 0 Å². The molecular weight excluding hydrogens is 226 g/mol. The molecule has 0 saturated heterocycles. The predicted molar refractivity (Wildman–Crippen MR) is 54.2 cm³/mol. The van der Waals surface area contributed by atoms with E-state index in [9.17, 15) is 0 Å². The first-order valence-corrected chi connectivity index (χ1v) is 4.38. The van der Waals surface area contributed by atoms with Crippen molar-refractivity contribution in [1.29, 1.82) is 0 Å². The van der Waals surface area contributed by atoms with Crippen molar-refractivity contribution >= 4 is 35.4 Å². The monoisotopic (exact) mass is 238 g/mol. The number of thiocarbonyl (C=S) groups is 1. The first kappa shape index (κ1) is 14.2. The third-order valence-corrected chi connectivity index (χ3v) is 1.36. The van der Waals surface area contributed by atoms with Crippen molar-refractivity contribution in [1.82, 2.24) is 0 Å². The zero-order valence-electron chi connectivity index (χ0n) is 6.51. The average molecular weight is 239 g/mol. The first-order chi connectivity index (χ1) is 4.77. The van der Waals surface area contributed by atoms with Crippen LogP contribution >= 0.6 is 24.8 Å². The van der Waals surface area contributed by atoms with E-state index in [1.807, 2.05) is 6.21 Å². The fourth-order valence-corrected chi connectivity index (χ4v) is 0.784. The van der Waals surface area contributed by atoms with Gasteiger partial charge in [0, 0.05) is 23.3 Å². The molecule has 0 aliphatic rings. The second-order valence-corrected chi connectivity index (χ2v) is 3.20. The molecule has 0 aromatic carbocycles. The summed E-state index contributed by atoms with van der Waals surface area (Å²) < 4.78 is 0.427. The predicted octanol–water partition coefficient (Wildman–Crippen LogP) is 2.85. The maximum Gasteiger partial charge on any atom is 0.156 e. The Morgan fingerprint density at radius 1 is 1.55 bits per heavy atom. The molecule has 0 fully saturated rings. The quantitative estimate of drug-likeness (QED) is 0.261. The number of unbranched alkanes of at least 4 members (excludes halogenated alkanes) is 3. The van der Waals surface area contributed by atoms with Gasteiger partial charge in [-0.2, -0.15) is 0 Å². The topological polar surface area (TPSA) is 12.4 Å². The smallest absolute Gasteiger partial charge is 0.156 e. The van der Waals surface area contributed by atoms with Crippen LogP contribution in [0, 0.1) is 0 Å². The Labute approximate surface area is 89.9 Å². The number of hydrogen-bond acceptors (Lipinski definition) is 1. The molecule has 1 nitrogen and oxygen atoms in total. The van der Waals surface area contributed by atoms with Gasteiger partial charge in [-0.3, -0.25) is 0 Å².